The minimum absolute atomic E-state index is 1.06. The molecule has 0 aliphatic carbocycles. The molecule has 0 radical (unpaired) electrons. The first-order valence-electron chi connectivity index (χ1n) is 3.84. The molecule has 0 heterocycles. The monoisotopic (exact) mass is 139 g/mol. The van der Waals surface area contributed by atoms with Gasteiger partial charge in [0, 0.05) is 0 Å². The van der Waals surface area contributed by atoms with Crippen LogP contribution in [-0.2, 0) is 0 Å². The first-order chi connectivity index (χ1) is 4.91. The zero-order valence-corrected chi connectivity index (χ0v) is 6.77. The van der Waals surface area contributed by atoms with E-state index in [1.54, 1.807) is 0 Å². The Hall–Kier alpha value is -0.560. The van der Waals surface area contributed by atoms with E-state index in [-0.39, 0.29) is 0 Å². The molecule has 0 aromatic rings. The summed E-state index contributed by atoms with van der Waals surface area (Å²) < 4.78 is 0. The largest absolute Gasteiger partial charge is 0.316 e. The first kappa shape index (κ1) is 9.44. The normalized spacial score (nSPS) is 10.5. The summed E-state index contributed by atoms with van der Waals surface area (Å²) in [5.74, 6) is 0. The zero-order valence-electron chi connectivity index (χ0n) is 6.77. The van der Waals surface area contributed by atoms with Crippen LogP contribution in [0.2, 0.25) is 0 Å². The summed E-state index contributed by atoms with van der Waals surface area (Å²) in [6.45, 7) is 7.82. The molecular formula is C9H17N. The van der Waals surface area contributed by atoms with E-state index in [1.807, 2.05) is 13.0 Å². The number of allylic oxidation sites excluding steroid dienone is 1. The number of hydrogen-bond donors (Lipinski definition) is 1. The molecule has 0 bridgehead atoms. The average Bonchev–Trinajstić information content (AvgIpc) is 1.97. The van der Waals surface area contributed by atoms with Crippen LogP contribution in [0.1, 0.15) is 19.8 Å². The fourth-order valence-corrected chi connectivity index (χ4v) is 0.681. The van der Waals surface area contributed by atoms with Gasteiger partial charge in [-0.25, -0.2) is 0 Å². The van der Waals surface area contributed by atoms with Crippen LogP contribution >= 0.6 is 0 Å². The summed E-state index contributed by atoms with van der Waals surface area (Å²) in [4.78, 5) is 0. The van der Waals surface area contributed by atoms with Gasteiger partial charge in [0.25, 0.3) is 0 Å². The second kappa shape index (κ2) is 8.44. The van der Waals surface area contributed by atoms with Crippen LogP contribution in [0, 0.1) is 0 Å². The van der Waals surface area contributed by atoms with Crippen LogP contribution in [0.15, 0.2) is 24.8 Å². The molecule has 0 saturated carbocycles. The molecule has 0 spiro atoms. The van der Waals surface area contributed by atoms with Crippen LogP contribution in [0.25, 0.3) is 0 Å². The van der Waals surface area contributed by atoms with Gasteiger partial charge in [0.05, 0.1) is 0 Å². The van der Waals surface area contributed by atoms with Gasteiger partial charge in [0.1, 0.15) is 0 Å². The highest BCUT2D eigenvalue weighted by Crippen LogP contribution is 1.80. The third-order valence-corrected chi connectivity index (χ3v) is 1.25. The van der Waals surface area contributed by atoms with Gasteiger partial charge in [-0.1, -0.05) is 18.2 Å². The Morgan fingerprint density at radius 3 is 2.60 bits per heavy atom. The lowest BCUT2D eigenvalue weighted by Crippen LogP contribution is -2.15. The maximum atomic E-state index is 3.64. The summed E-state index contributed by atoms with van der Waals surface area (Å²) in [5, 5.41) is 3.30. The quantitative estimate of drug-likeness (QED) is 0.439. The summed E-state index contributed by atoms with van der Waals surface area (Å²) in [6, 6.07) is 0. The van der Waals surface area contributed by atoms with Crippen LogP contribution in [0.3, 0.4) is 0 Å². The van der Waals surface area contributed by atoms with Crippen LogP contribution in [0.5, 0.6) is 0 Å². The molecule has 0 atom stereocenters. The minimum Gasteiger partial charge on any atom is -0.316 e. The Kier molecular flexibility index (Phi) is 7.97. The summed E-state index contributed by atoms with van der Waals surface area (Å²) >= 11 is 0. The van der Waals surface area contributed by atoms with Crippen LogP contribution in [-0.4, -0.2) is 13.1 Å². The molecule has 58 valence electrons. The Balaban J connectivity index is 2.83. The van der Waals surface area contributed by atoms with Crippen molar-refractivity contribution in [3.05, 3.63) is 24.8 Å². The molecule has 0 aliphatic rings. The topological polar surface area (TPSA) is 12.0 Å². The molecular weight excluding hydrogens is 122 g/mol. The number of rotatable bonds is 6. The van der Waals surface area contributed by atoms with E-state index >= 15 is 0 Å². The molecule has 0 amide bonds. The van der Waals surface area contributed by atoms with Gasteiger partial charge in [0.15, 0.2) is 0 Å². The van der Waals surface area contributed by atoms with Crippen molar-refractivity contribution >= 4 is 0 Å². The minimum atomic E-state index is 1.06. The highest BCUT2D eigenvalue weighted by atomic mass is 14.8. The number of nitrogens with one attached hydrogen (secondary N) is 1. The predicted octanol–water partition coefficient (Wildman–Crippen LogP) is 2.12. The third kappa shape index (κ3) is 7.44. The molecule has 1 N–H and O–H groups in total. The Labute approximate surface area is 63.8 Å². The summed E-state index contributed by atoms with van der Waals surface area (Å²) in [6.07, 6.45) is 8.38. The fourth-order valence-electron chi connectivity index (χ4n) is 0.681. The van der Waals surface area contributed by atoms with Crippen molar-refractivity contribution in [3.8, 4) is 0 Å². The molecule has 0 aliphatic heterocycles. The van der Waals surface area contributed by atoms with E-state index in [0.717, 1.165) is 25.9 Å². The Morgan fingerprint density at radius 1 is 1.30 bits per heavy atom. The van der Waals surface area contributed by atoms with E-state index in [2.05, 4.69) is 24.0 Å². The molecule has 10 heavy (non-hydrogen) atoms. The van der Waals surface area contributed by atoms with Crippen molar-refractivity contribution < 1.29 is 0 Å². The molecule has 0 unspecified atom stereocenters. The lowest BCUT2D eigenvalue weighted by molar-refractivity contribution is 0.697. The highest BCUT2D eigenvalue weighted by molar-refractivity contribution is 4.77. The van der Waals surface area contributed by atoms with Crippen molar-refractivity contribution in [2.75, 3.05) is 13.1 Å². The van der Waals surface area contributed by atoms with Crippen molar-refractivity contribution in [2.45, 2.75) is 19.8 Å². The molecule has 0 saturated heterocycles. The van der Waals surface area contributed by atoms with Crippen molar-refractivity contribution in [1.29, 1.82) is 0 Å². The van der Waals surface area contributed by atoms with Crippen LogP contribution in [0.4, 0.5) is 0 Å². The van der Waals surface area contributed by atoms with Gasteiger partial charge in [0.2, 0.25) is 0 Å². The van der Waals surface area contributed by atoms with Gasteiger partial charge in [-0.2, -0.15) is 0 Å². The SMILES string of the molecule is C=CCCNCC/C=C/C. The van der Waals surface area contributed by atoms with E-state index in [0.29, 0.717) is 0 Å². The molecule has 1 nitrogen and oxygen atoms in total. The Bertz CT molecular complexity index is 94.9. The summed E-state index contributed by atoms with van der Waals surface area (Å²) in [7, 11) is 0. The first-order valence-corrected chi connectivity index (χ1v) is 3.84. The van der Waals surface area contributed by atoms with Crippen molar-refractivity contribution in [1.82, 2.24) is 5.32 Å². The van der Waals surface area contributed by atoms with Gasteiger partial charge in [-0.3, -0.25) is 0 Å². The Morgan fingerprint density at radius 2 is 2.00 bits per heavy atom. The van der Waals surface area contributed by atoms with Crippen molar-refractivity contribution in [2.24, 2.45) is 0 Å². The zero-order chi connectivity index (χ0) is 7.66. The smallest absolute Gasteiger partial charge is 0.00141 e. The maximum absolute atomic E-state index is 3.64. The van der Waals surface area contributed by atoms with E-state index in [9.17, 15) is 0 Å². The molecule has 0 fully saturated rings. The van der Waals surface area contributed by atoms with Gasteiger partial charge in [-0.05, 0) is 32.9 Å². The second-order valence-electron chi connectivity index (χ2n) is 2.19. The lowest BCUT2D eigenvalue weighted by atomic mass is 10.3. The molecule has 0 aromatic carbocycles. The molecule has 0 aromatic heterocycles. The highest BCUT2D eigenvalue weighted by Gasteiger charge is 1.80. The van der Waals surface area contributed by atoms with Gasteiger partial charge in [-0.15, -0.1) is 6.58 Å². The van der Waals surface area contributed by atoms with Gasteiger partial charge >= 0.3 is 0 Å². The van der Waals surface area contributed by atoms with E-state index in [4.69, 9.17) is 0 Å². The fraction of sp³-hybridized carbons (Fsp3) is 0.556. The van der Waals surface area contributed by atoms with Crippen molar-refractivity contribution in [3.63, 3.8) is 0 Å². The maximum Gasteiger partial charge on any atom is -0.00141 e. The molecule has 0 rings (SSSR count). The molecule has 1 heteroatoms. The predicted molar refractivity (Wildman–Crippen MR) is 47.1 cm³/mol. The van der Waals surface area contributed by atoms with E-state index in [1.165, 1.54) is 0 Å². The number of hydrogen-bond acceptors (Lipinski definition) is 1. The van der Waals surface area contributed by atoms with Crippen LogP contribution < -0.4 is 5.32 Å². The standard InChI is InChI=1S/C9H17N/c1-3-5-7-9-10-8-6-4-2/h3-5,10H,2,6-9H2,1H3/b5-3+. The third-order valence-electron chi connectivity index (χ3n) is 1.25. The van der Waals surface area contributed by atoms with Gasteiger partial charge < -0.3 is 5.32 Å². The average molecular weight is 139 g/mol. The summed E-state index contributed by atoms with van der Waals surface area (Å²) in [5.41, 5.74) is 0. The second-order valence-corrected chi connectivity index (χ2v) is 2.19. The van der Waals surface area contributed by atoms with E-state index < -0.39 is 0 Å². The lowest BCUT2D eigenvalue weighted by Gasteiger charge is -1.97.